The van der Waals surface area contributed by atoms with Gasteiger partial charge in [0.05, 0.1) is 17.7 Å². The van der Waals surface area contributed by atoms with Crippen LogP contribution in [-0.2, 0) is 10.9 Å². The first-order valence-corrected chi connectivity index (χ1v) is 4.91. The molecule has 94 valence electrons. The molecule has 0 heterocycles. The summed E-state index contributed by atoms with van der Waals surface area (Å²) in [7, 11) is 0. The van der Waals surface area contributed by atoms with Gasteiger partial charge in [-0.05, 0) is 31.5 Å². The summed E-state index contributed by atoms with van der Waals surface area (Å²) in [6, 6.07) is 1.84. The minimum atomic E-state index is -4.48. The Balaban J connectivity index is 3.23. The lowest BCUT2D eigenvalue weighted by Crippen LogP contribution is -2.13. The summed E-state index contributed by atoms with van der Waals surface area (Å²) in [5.74, 6) is -0.721. The van der Waals surface area contributed by atoms with Crippen LogP contribution < -0.4 is 5.73 Å². The van der Waals surface area contributed by atoms with Gasteiger partial charge in [-0.2, -0.15) is 13.2 Å². The van der Waals surface area contributed by atoms with Crippen molar-refractivity contribution in [3.63, 3.8) is 0 Å². The molecule has 0 amide bonds. The zero-order valence-electron chi connectivity index (χ0n) is 9.39. The second-order valence-electron chi connectivity index (χ2n) is 3.47. The van der Waals surface area contributed by atoms with Crippen LogP contribution in [0.25, 0.3) is 0 Å². The van der Waals surface area contributed by atoms with Crippen molar-refractivity contribution >= 4 is 11.7 Å². The Bertz CT molecular complexity index is 441. The fourth-order valence-corrected chi connectivity index (χ4v) is 1.42. The highest BCUT2D eigenvalue weighted by molar-refractivity contribution is 5.95. The van der Waals surface area contributed by atoms with E-state index >= 15 is 0 Å². The predicted octanol–water partition coefficient (Wildman–Crippen LogP) is 2.77. The summed E-state index contributed by atoms with van der Waals surface area (Å²) in [6.07, 6.45) is -4.48. The summed E-state index contributed by atoms with van der Waals surface area (Å²) in [5, 5.41) is 0. The number of nitrogens with two attached hydrogens (primary N) is 1. The number of aryl methyl sites for hydroxylation is 1. The number of esters is 1. The zero-order valence-corrected chi connectivity index (χ0v) is 9.39. The lowest BCUT2D eigenvalue weighted by Gasteiger charge is -2.13. The molecule has 0 aliphatic heterocycles. The van der Waals surface area contributed by atoms with Crippen molar-refractivity contribution in [2.24, 2.45) is 0 Å². The van der Waals surface area contributed by atoms with Crippen molar-refractivity contribution in [3.05, 3.63) is 28.8 Å². The molecule has 1 rings (SSSR count). The summed E-state index contributed by atoms with van der Waals surface area (Å²) >= 11 is 0. The van der Waals surface area contributed by atoms with Crippen LogP contribution in [-0.4, -0.2) is 12.6 Å². The van der Waals surface area contributed by atoms with E-state index < -0.39 is 17.7 Å². The highest BCUT2D eigenvalue weighted by Gasteiger charge is 2.33. The van der Waals surface area contributed by atoms with E-state index in [1.165, 1.54) is 6.92 Å². The molecular weight excluding hydrogens is 235 g/mol. The van der Waals surface area contributed by atoms with Gasteiger partial charge >= 0.3 is 12.1 Å². The van der Waals surface area contributed by atoms with Gasteiger partial charge in [-0.15, -0.1) is 0 Å². The van der Waals surface area contributed by atoms with Crippen molar-refractivity contribution in [3.8, 4) is 0 Å². The molecule has 0 aliphatic carbocycles. The van der Waals surface area contributed by atoms with Crippen LogP contribution in [0.3, 0.4) is 0 Å². The van der Waals surface area contributed by atoms with Gasteiger partial charge in [-0.3, -0.25) is 0 Å². The average molecular weight is 247 g/mol. The van der Waals surface area contributed by atoms with Gasteiger partial charge in [-0.25, -0.2) is 4.79 Å². The lowest BCUT2D eigenvalue weighted by molar-refractivity contribution is -0.138. The minimum absolute atomic E-state index is 0.0441. The van der Waals surface area contributed by atoms with Gasteiger partial charge in [-0.1, -0.05) is 0 Å². The van der Waals surface area contributed by atoms with Crippen LogP contribution in [0.2, 0.25) is 0 Å². The number of carbonyl (C=O) groups excluding carboxylic acids is 1. The summed E-state index contributed by atoms with van der Waals surface area (Å²) < 4.78 is 42.3. The maximum Gasteiger partial charge on any atom is 0.416 e. The summed E-state index contributed by atoms with van der Waals surface area (Å²) in [6.45, 7) is 3.01. The number of hydrogen-bond donors (Lipinski definition) is 1. The summed E-state index contributed by atoms with van der Waals surface area (Å²) in [4.78, 5) is 11.4. The molecule has 2 N–H and O–H groups in total. The van der Waals surface area contributed by atoms with Crippen molar-refractivity contribution < 1.29 is 22.7 Å². The molecule has 0 atom stereocenters. The molecule has 0 unspecified atom stereocenters. The Morgan fingerprint density at radius 2 is 2.00 bits per heavy atom. The van der Waals surface area contributed by atoms with Crippen LogP contribution in [0.1, 0.15) is 28.4 Å². The van der Waals surface area contributed by atoms with Crippen LogP contribution >= 0.6 is 0 Å². The summed E-state index contributed by atoms with van der Waals surface area (Å²) in [5.41, 5.74) is 4.23. The number of anilines is 1. The van der Waals surface area contributed by atoms with Crippen LogP contribution in [0.4, 0.5) is 18.9 Å². The third-order valence-electron chi connectivity index (χ3n) is 2.20. The Kier molecular flexibility index (Phi) is 3.65. The number of ether oxygens (including phenoxy) is 1. The molecule has 3 nitrogen and oxygen atoms in total. The fourth-order valence-electron chi connectivity index (χ4n) is 1.42. The van der Waals surface area contributed by atoms with E-state index in [-0.39, 0.29) is 23.4 Å². The minimum Gasteiger partial charge on any atom is -0.462 e. The first-order chi connectivity index (χ1) is 7.77. The highest BCUT2D eigenvalue weighted by Crippen LogP contribution is 2.34. The molecule has 0 saturated heterocycles. The Hall–Kier alpha value is -1.72. The lowest BCUT2D eigenvalue weighted by atomic mass is 10.0. The number of benzene rings is 1. The first kappa shape index (κ1) is 13.3. The van der Waals surface area contributed by atoms with Crippen LogP contribution in [0, 0.1) is 6.92 Å². The molecule has 0 radical (unpaired) electrons. The van der Waals surface area contributed by atoms with Crippen LogP contribution in [0.5, 0.6) is 0 Å². The van der Waals surface area contributed by atoms with Crippen molar-refractivity contribution in [2.45, 2.75) is 20.0 Å². The van der Waals surface area contributed by atoms with Gasteiger partial charge in [0.1, 0.15) is 0 Å². The van der Waals surface area contributed by atoms with Crippen molar-refractivity contribution in [1.29, 1.82) is 0 Å². The molecule has 17 heavy (non-hydrogen) atoms. The van der Waals surface area contributed by atoms with E-state index in [9.17, 15) is 18.0 Å². The molecule has 0 fully saturated rings. The molecule has 6 heteroatoms. The quantitative estimate of drug-likeness (QED) is 0.645. The van der Waals surface area contributed by atoms with E-state index in [0.717, 1.165) is 12.1 Å². The SMILES string of the molecule is CCOC(=O)c1cc(C)c(C(F)(F)F)cc1N. The van der Waals surface area contributed by atoms with E-state index in [2.05, 4.69) is 4.74 Å². The fraction of sp³-hybridized carbons (Fsp3) is 0.364. The third kappa shape index (κ3) is 2.89. The number of hydrogen-bond acceptors (Lipinski definition) is 3. The smallest absolute Gasteiger partial charge is 0.416 e. The van der Waals surface area contributed by atoms with Gasteiger partial charge in [0, 0.05) is 5.69 Å². The number of halogens is 3. The van der Waals surface area contributed by atoms with Gasteiger partial charge < -0.3 is 10.5 Å². The zero-order chi connectivity index (χ0) is 13.2. The van der Waals surface area contributed by atoms with E-state index in [1.54, 1.807) is 6.92 Å². The van der Waals surface area contributed by atoms with Crippen molar-refractivity contribution in [2.75, 3.05) is 12.3 Å². The Morgan fingerprint density at radius 1 is 1.41 bits per heavy atom. The second kappa shape index (κ2) is 4.65. The molecule has 1 aromatic carbocycles. The maximum absolute atomic E-state index is 12.5. The molecule has 0 bridgehead atoms. The maximum atomic E-state index is 12.5. The largest absolute Gasteiger partial charge is 0.462 e. The van der Waals surface area contributed by atoms with E-state index in [4.69, 9.17) is 5.73 Å². The molecule has 0 saturated carbocycles. The standard InChI is InChI=1S/C11H12F3NO2/c1-3-17-10(16)7-4-6(2)8(5-9(7)15)11(12,13)14/h4-5H,3,15H2,1-2H3. The van der Waals surface area contributed by atoms with Gasteiger partial charge in [0.25, 0.3) is 0 Å². The topological polar surface area (TPSA) is 52.3 Å². The normalized spacial score (nSPS) is 11.4. The average Bonchev–Trinajstić information content (AvgIpc) is 2.19. The van der Waals surface area contributed by atoms with Gasteiger partial charge in [0.2, 0.25) is 0 Å². The number of alkyl halides is 3. The number of carbonyl (C=O) groups is 1. The third-order valence-corrected chi connectivity index (χ3v) is 2.20. The van der Waals surface area contributed by atoms with E-state index in [1.807, 2.05) is 0 Å². The Labute approximate surface area is 96.4 Å². The highest BCUT2D eigenvalue weighted by atomic mass is 19.4. The number of rotatable bonds is 2. The van der Waals surface area contributed by atoms with Gasteiger partial charge in [0.15, 0.2) is 0 Å². The van der Waals surface area contributed by atoms with E-state index in [0.29, 0.717) is 0 Å². The second-order valence-corrected chi connectivity index (χ2v) is 3.47. The first-order valence-electron chi connectivity index (χ1n) is 4.91. The molecular formula is C11H12F3NO2. The van der Waals surface area contributed by atoms with Crippen molar-refractivity contribution in [1.82, 2.24) is 0 Å². The van der Waals surface area contributed by atoms with Crippen LogP contribution in [0.15, 0.2) is 12.1 Å². The predicted molar refractivity (Wildman–Crippen MR) is 56.5 cm³/mol. The molecule has 0 aromatic heterocycles. The molecule has 0 spiro atoms. The molecule has 0 aliphatic rings. The monoisotopic (exact) mass is 247 g/mol. The molecule has 1 aromatic rings. The number of nitrogen functional groups attached to an aromatic ring is 1. The Morgan fingerprint density at radius 3 is 2.47 bits per heavy atom.